The molecule has 0 aromatic rings. The Morgan fingerprint density at radius 2 is 1.74 bits per heavy atom. The minimum atomic E-state index is -1.21. The summed E-state index contributed by atoms with van der Waals surface area (Å²) >= 11 is 0. The van der Waals surface area contributed by atoms with E-state index < -0.39 is 8.07 Å². The lowest BCUT2D eigenvalue weighted by molar-refractivity contribution is -0.140. The zero-order valence-electron chi connectivity index (χ0n) is 12.9. The van der Waals surface area contributed by atoms with Crippen molar-refractivity contribution >= 4 is 14.0 Å². The summed E-state index contributed by atoms with van der Waals surface area (Å²) in [5.74, 6) is 3.04. The van der Waals surface area contributed by atoms with Crippen molar-refractivity contribution in [1.82, 2.24) is 0 Å². The molecule has 0 rings (SSSR count). The summed E-state index contributed by atoms with van der Waals surface area (Å²) in [7, 11) is 0.234. The molecule has 0 bridgehead atoms. The van der Waals surface area contributed by atoms with E-state index in [1.165, 1.54) is 26.4 Å². The molecule has 0 aliphatic heterocycles. The molecule has 0 saturated carbocycles. The fourth-order valence-electron chi connectivity index (χ4n) is 1.56. The fourth-order valence-corrected chi connectivity index (χ4v) is 2.08. The van der Waals surface area contributed by atoms with Crippen LogP contribution in [0.5, 0.6) is 0 Å². The largest absolute Gasteiger partial charge is 0.469 e. The van der Waals surface area contributed by atoms with Crippen molar-refractivity contribution in [2.45, 2.75) is 64.6 Å². The topological polar surface area (TPSA) is 26.3 Å². The Kier molecular flexibility index (Phi) is 10.3. The summed E-state index contributed by atoms with van der Waals surface area (Å²) in [6.45, 7) is 6.76. The molecule has 0 aromatic carbocycles. The molecule has 108 valence electrons. The molecule has 0 atom stereocenters. The maximum atomic E-state index is 10.9. The van der Waals surface area contributed by atoms with Crippen LogP contribution in [0.4, 0.5) is 0 Å². The van der Waals surface area contributed by atoms with Gasteiger partial charge in [0.2, 0.25) is 0 Å². The Morgan fingerprint density at radius 3 is 2.37 bits per heavy atom. The van der Waals surface area contributed by atoms with E-state index in [0.29, 0.717) is 6.42 Å². The van der Waals surface area contributed by atoms with Gasteiger partial charge in [-0.3, -0.25) is 4.79 Å². The number of carbonyl (C=O) groups excluding carboxylic acids is 1. The molecule has 0 saturated heterocycles. The van der Waals surface area contributed by atoms with Crippen LogP contribution in [0.2, 0.25) is 19.6 Å². The highest BCUT2D eigenvalue weighted by atomic mass is 28.3. The molecule has 0 amide bonds. The molecule has 0 N–H and O–H groups in total. The first-order valence-corrected chi connectivity index (χ1v) is 10.7. The number of hydrogen-bond acceptors (Lipinski definition) is 2. The van der Waals surface area contributed by atoms with Crippen LogP contribution in [0, 0.1) is 11.5 Å². The van der Waals surface area contributed by atoms with Gasteiger partial charge in [-0.25, -0.2) is 0 Å². The van der Waals surface area contributed by atoms with Crippen LogP contribution < -0.4 is 0 Å². The third-order valence-corrected chi connectivity index (χ3v) is 3.52. The highest BCUT2D eigenvalue weighted by Gasteiger charge is 2.06. The van der Waals surface area contributed by atoms with Crippen molar-refractivity contribution in [2.75, 3.05) is 7.11 Å². The monoisotopic (exact) mass is 280 g/mol. The first kappa shape index (κ1) is 18.0. The lowest BCUT2D eigenvalue weighted by Gasteiger charge is -2.02. The summed E-state index contributed by atoms with van der Waals surface area (Å²) in [6, 6.07) is 0. The average Bonchev–Trinajstić information content (AvgIpc) is 2.34. The summed E-state index contributed by atoms with van der Waals surface area (Å²) < 4.78 is 4.60. The van der Waals surface area contributed by atoms with Crippen molar-refractivity contribution in [3.63, 3.8) is 0 Å². The van der Waals surface area contributed by atoms with Gasteiger partial charge in [-0.2, -0.15) is 0 Å². The zero-order valence-corrected chi connectivity index (χ0v) is 13.9. The third-order valence-electron chi connectivity index (χ3n) is 2.63. The predicted molar refractivity (Wildman–Crippen MR) is 84.6 cm³/mol. The standard InChI is InChI=1S/C16H28O2Si/c1-18-16(17)14-12-10-8-6-5-7-9-11-13-15-19(2,3)4/h9,11H,5-8,10,12,14H2,1-4H3/b11-9+. The predicted octanol–water partition coefficient (Wildman–Crippen LogP) is 4.33. The number of methoxy groups -OCH3 is 1. The minimum Gasteiger partial charge on any atom is -0.469 e. The van der Waals surface area contributed by atoms with Gasteiger partial charge in [0.05, 0.1) is 7.11 Å². The molecule has 0 heterocycles. The number of unbranched alkanes of at least 4 members (excludes halogenated alkanes) is 5. The summed E-state index contributed by atoms with van der Waals surface area (Å²) in [5.41, 5.74) is 3.32. The van der Waals surface area contributed by atoms with E-state index in [1.807, 2.05) is 6.08 Å². The smallest absolute Gasteiger partial charge is 0.305 e. The third kappa shape index (κ3) is 14.9. The first-order chi connectivity index (χ1) is 8.95. The molecule has 0 unspecified atom stereocenters. The molecular formula is C16H28O2Si. The molecule has 0 aliphatic carbocycles. The van der Waals surface area contributed by atoms with Crippen molar-refractivity contribution in [1.29, 1.82) is 0 Å². The summed E-state index contributed by atoms with van der Waals surface area (Å²) in [4.78, 5) is 10.9. The highest BCUT2D eigenvalue weighted by molar-refractivity contribution is 6.83. The van der Waals surface area contributed by atoms with Gasteiger partial charge < -0.3 is 4.74 Å². The van der Waals surface area contributed by atoms with Gasteiger partial charge in [-0.1, -0.05) is 50.9 Å². The van der Waals surface area contributed by atoms with E-state index in [4.69, 9.17) is 0 Å². The van der Waals surface area contributed by atoms with E-state index in [-0.39, 0.29) is 5.97 Å². The second-order valence-corrected chi connectivity index (χ2v) is 10.6. The number of allylic oxidation sites excluding steroid dienone is 2. The van der Waals surface area contributed by atoms with Crippen LogP contribution in [-0.4, -0.2) is 21.2 Å². The van der Waals surface area contributed by atoms with Crippen LogP contribution in [0.25, 0.3) is 0 Å². The number of ether oxygens (including phenoxy) is 1. The zero-order chi connectivity index (χ0) is 14.6. The van der Waals surface area contributed by atoms with Gasteiger partial charge in [-0.05, 0) is 25.3 Å². The van der Waals surface area contributed by atoms with Gasteiger partial charge in [0.15, 0.2) is 0 Å². The van der Waals surface area contributed by atoms with Crippen molar-refractivity contribution in [2.24, 2.45) is 0 Å². The summed E-state index contributed by atoms with van der Waals surface area (Å²) in [5, 5.41) is 0. The van der Waals surface area contributed by atoms with Crippen LogP contribution in [0.1, 0.15) is 44.9 Å². The lowest BCUT2D eigenvalue weighted by atomic mass is 10.1. The Labute approximate surface area is 119 Å². The Hall–Kier alpha value is -1.01. The first-order valence-electron chi connectivity index (χ1n) is 7.20. The Morgan fingerprint density at radius 1 is 1.11 bits per heavy atom. The Balaban J connectivity index is 3.38. The van der Waals surface area contributed by atoms with Crippen molar-refractivity contribution < 1.29 is 9.53 Å². The maximum absolute atomic E-state index is 10.9. The molecule has 19 heavy (non-hydrogen) atoms. The second-order valence-electron chi connectivity index (χ2n) is 5.80. The SMILES string of the molecule is COC(=O)CCCCCCC/C=C/C#C[Si](C)(C)C. The van der Waals surface area contributed by atoms with Crippen LogP contribution in [0.15, 0.2) is 12.2 Å². The van der Waals surface area contributed by atoms with Gasteiger partial charge in [0.1, 0.15) is 8.07 Å². The van der Waals surface area contributed by atoms with Gasteiger partial charge >= 0.3 is 5.97 Å². The number of esters is 1. The van der Waals surface area contributed by atoms with Crippen LogP contribution in [0.3, 0.4) is 0 Å². The second kappa shape index (κ2) is 10.9. The van der Waals surface area contributed by atoms with E-state index in [9.17, 15) is 4.79 Å². The fraction of sp³-hybridized carbons (Fsp3) is 0.688. The molecule has 0 radical (unpaired) electrons. The maximum Gasteiger partial charge on any atom is 0.305 e. The van der Waals surface area contributed by atoms with Crippen LogP contribution >= 0.6 is 0 Å². The van der Waals surface area contributed by atoms with Gasteiger partial charge in [-0.15, -0.1) is 5.54 Å². The number of hydrogen-bond donors (Lipinski definition) is 0. The normalized spacial score (nSPS) is 11.2. The Bertz CT molecular complexity index is 329. The molecule has 0 aromatic heterocycles. The number of rotatable bonds is 8. The van der Waals surface area contributed by atoms with Crippen molar-refractivity contribution in [3.8, 4) is 11.5 Å². The average molecular weight is 280 g/mol. The molecular weight excluding hydrogens is 252 g/mol. The summed E-state index contributed by atoms with van der Waals surface area (Å²) in [6.07, 6.45) is 11.5. The van der Waals surface area contributed by atoms with Gasteiger partial charge in [0, 0.05) is 6.42 Å². The molecule has 0 aliphatic rings. The van der Waals surface area contributed by atoms with E-state index in [0.717, 1.165) is 19.3 Å². The van der Waals surface area contributed by atoms with E-state index in [2.05, 4.69) is 41.9 Å². The van der Waals surface area contributed by atoms with E-state index in [1.54, 1.807) is 0 Å². The number of carbonyl (C=O) groups is 1. The van der Waals surface area contributed by atoms with Crippen LogP contribution in [-0.2, 0) is 9.53 Å². The molecule has 3 heteroatoms. The van der Waals surface area contributed by atoms with E-state index >= 15 is 0 Å². The molecule has 0 fully saturated rings. The highest BCUT2D eigenvalue weighted by Crippen LogP contribution is 2.08. The minimum absolute atomic E-state index is 0.0936. The molecule has 0 spiro atoms. The quantitative estimate of drug-likeness (QED) is 0.286. The molecule has 2 nitrogen and oxygen atoms in total. The van der Waals surface area contributed by atoms with Crippen molar-refractivity contribution in [3.05, 3.63) is 12.2 Å². The lowest BCUT2D eigenvalue weighted by Crippen LogP contribution is -2.16. The van der Waals surface area contributed by atoms with Gasteiger partial charge in [0.25, 0.3) is 0 Å².